The minimum Gasteiger partial charge on any atom is -0.462 e. The fourth-order valence-corrected chi connectivity index (χ4v) is 6.66. The summed E-state index contributed by atoms with van der Waals surface area (Å²) in [5, 5.41) is 0. The highest BCUT2D eigenvalue weighted by atomic mass is 16.6. The van der Waals surface area contributed by atoms with Crippen LogP contribution >= 0.6 is 0 Å². The van der Waals surface area contributed by atoms with Gasteiger partial charge in [0.25, 0.3) is 0 Å². The van der Waals surface area contributed by atoms with E-state index in [0.29, 0.717) is 19.3 Å². The minimum atomic E-state index is -0.802. The van der Waals surface area contributed by atoms with Gasteiger partial charge >= 0.3 is 17.9 Å². The standard InChI is InChI=1S/C55H92O6/c1-4-7-10-13-16-19-21-23-25-27-28-30-31-33-36-39-42-45-48-54(57)60-51-52(50-59-53(56)47-44-41-38-35-18-15-12-9-6-3)61-55(58)49-46-43-40-37-34-32-29-26-24-22-20-17-14-11-8-5-2/h8-9,11-12,17-18,20,24-28,30,35,52H,4-7,10,13-16,19,21-23,29,31-34,36-51H2,1-3H3/b11-8-,12-9-,20-17-,26-24-,27-25-,30-28-,35-18-. The zero-order chi connectivity index (χ0) is 44.4. The molecular weight excluding hydrogens is 757 g/mol. The van der Waals surface area contributed by atoms with Gasteiger partial charge in [0, 0.05) is 19.3 Å². The van der Waals surface area contributed by atoms with Crippen LogP contribution in [0.15, 0.2) is 85.1 Å². The van der Waals surface area contributed by atoms with Gasteiger partial charge in [-0.3, -0.25) is 14.4 Å². The van der Waals surface area contributed by atoms with E-state index in [2.05, 4.69) is 106 Å². The van der Waals surface area contributed by atoms with E-state index in [4.69, 9.17) is 14.2 Å². The van der Waals surface area contributed by atoms with Crippen molar-refractivity contribution in [3.63, 3.8) is 0 Å². The maximum absolute atomic E-state index is 12.8. The van der Waals surface area contributed by atoms with Crippen LogP contribution in [0.5, 0.6) is 0 Å². The first-order chi connectivity index (χ1) is 30.0. The molecule has 0 saturated heterocycles. The summed E-state index contributed by atoms with van der Waals surface area (Å²) in [5.74, 6) is -0.969. The van der Waals surface area contributed by atoms with Crippen molar-refractivity contribution in [1.29, 1.82) is 0 Å². The first-order valence-electron chi connectivity index (χ1n) is 25.1. The molecule has 0 amide bonds. The molecule has 6 heteroatoms. The van der Waals surface area contributed by atoms with Gasteiger partial charge in [-0.25, -0.2) is 0 Å². The number of hydrogen-bond acceptors (Lipinski definition) is 6. The molecule has 0 aromatic carbocycles. The lowest BCUT2D eigenvalue weighted by molar-refractivity contribution is -0.167. The SMILES string of the molecule is CC/C=C\C/C=C\C/C=C\CCCCCCCCC(=O)OC(COC(=O)CCCC/C=C\C/C=C\CC)COC(=O)CCCCCCC/C=C\C=C/CCCCCCCCC. The largest absolute Gasteiger partial charge is 0.462 e. The van der Waals surface area contributed by atoms with Gasteiger partial charge in [0.2, 0.25) is 0 Å². The molecule has 1 unspecified atom stereocenters. The van der Waals surface area contributed by atoms with Gasteiger partial charge in [-0.15, -0.1) is 0 Å². The molecule has 0 heterocycles. The van der Waals surface area contributed by atoms with Crippen molar-refractivity contribution in [2.24, 2.45) is 0 Å². The fourth-order valence-electron chi connectivity index (χ4n) is 6.66. The normalized spacial score (nSPS) is 12.8. The van der Waals surface area contributed by atoms with E-state index >= 15 is 0 Å². The van der Waals surface area contributed by atoms with Crippen molar-refractivity contribution < 1.29 is 28.6 Å². The van der Waals surface area contributed by atoms with E-state index in [0.717, 1.165) is 122 Å². The lowest BCUT2D eigenvalue weighted by atomic mass is 10.1. The third kappa shape index (κ3) is 47.5. The molecule has 0 radical (unpaired) electrons. The van der Waals surface area contributed by atoms with Crippen molar-refractivity contribution in [1.82, 2.24) is 0 Å². The minimum absolute atomic E-state index is 0.101. The molecule has 0 aromatic heterocycles. The topological polar surface area (TPSA) is 78.9 Å². The van der Waals surface area contributed by atoms with Gasteiger partial charge < -0.3 is 14.2 Å². The van der Waals surface area contributed by atoms with Crippen LogP contribution in [0.25, 0.3) is 0 Å². The number of hydrogen-bond donors (Lipinski definition) is 0. The number of carbonyl (C=O) groups is 3. The van der Waals surface area contributed by atoms with Crippen LogP contribution in [0.1, 0.15) is 226 Å². The molecule has 61 heavy (non-hydrogen) atoms. The summed E-state index contributed by atoms with van der Waals surface area (Å²) in [5.41, 5.74) is 0. The lowest BCUT2D eigenvalue weighted by Gasteiger charge is -2.18. The summed E-state index contributed by atoms with van der Waals surface area (Å²) in [6.07, 6.45) is 62.9. The van der Waals surface area contributed by atoms with Crippen LogP contribution in [0.3, 0.4) is 0 Å². The molecule has 0 fully saturated rings. The lowest BCUT2D eigenvalue weighted by Crippen LogP contribution is -2.30. The maximum Gasteiger partial charge on any atom is 0.306 e. The van der Waals surface area contributed by atoms with E-state index < -0.39 is 6.10 Å². The van der Waals surface area contributed by atoms with Gasteiger partial charge in [0.1, 0.15) is 13.2 Å². The Bertz CT molecular complexity index is 1200. The molecule has 0 aliphatic carbocycles. The second-order valence-electron chi connectivity index (χ2n) is 16.3. The van der Waals surface area contributed by atoms with E-state index in [1.165, 1.54) is 64.2 Å². The first kappa shape index (κ1) is 57.6. The summed E-state index contributed by atoms with van der Waals surface area (Å²) in [6, 6.07) is 0. The Morgan fingerprint density at radius 2 is 0.689 bits per heavy atom. The molecule has 0 saturated carbocycles. The Kier molecular flexibility index (Phi) is 46.5. The molecule has 0 spiro atoms. The van der Waals surface area contributed by atoms with E-state index in [-0.39, 0.29) is 31.1 Å². The van der Waals surface area contributed by atoms with Gasteiger partial charge in [-0.2, -0.15) is 0 Å². The van der Waals surface area contributed by atoms with Crippen LogP contribution in [-0.4, -0.2) is 37.2 Å². The fraction of sp³-hybridized carbons (Fsp3) is 0.691. The van der Waals surface area contributed by atoms with Crippen molar-refractivity contribution in [3.05, 3.63) is 85.1 Å². The zero-order valence-electron chi connectivity index (χ0n) is 39.7. The number of ether oxygens (including phenoxy) is 3. The van der Waals surface area contributed by atoms with Crippen LogP contribution in [0, 0.1) is 0 Å². The summed E-state index contributed by atoms with van der Waals surface area (Å²) in [7, 11) is 0. The quantitative estimate of drug-likeness (QED) is 0.0200. The van der Waals surface area contributed by atoms with Crippen LogP contribution in [0.2, 0.25) is 0 Å². The molecule has 0 rings (SSSR count). The summed E-state index contributed by atoms with van der Waals surface area (Å²) in [4.78, 5) is 37.8. The predicted molar refractivity (Wildman–Crippen MR) is 261 cm³/mol. The highest BCUT2D eigenvalue weighted by Gasteiger charge is 2.19. The van der Waals surface area contributed by atoms with E-state index in [9.17, 15) is 14.4 Å². The Balaban J connectivity index is 4.40. The van der Waals surface area contributed by atoms with Crippen LogP contribution in [-0.2, 0) is 28.6 Å². The van der Waals surface area contributed by atoms with Gasteiger partial charge in [0.05, 0.1) is 0 Å². The van der Waals surface area contributed by atoms with Crippen molar-refractivity contribution >= 4 is 17.9 Å². The van der Waals surface area contributed by atoms with Crippen molar-refractivity contribution in [2.45, 2.75) is 232 Å². The second kappa shape index (κ2) is 49.2. The molecule has 0 bridgehead atoms. The molecule has 6 nitrogen and oxygen atoms in total. The number of allylic oxidation sites excluding steroid dienone is 14. The predicted octanol–water partition coefficient (Wildman–Crippen LogP) is 16.4. The Labute approximate surface area is 375 Å². The molecule has 348 valence electrons. The van der Waals surface area contributed by atoms with Gasteiger partial charge in [-0.05, 0) is 103 Å². The highest BCUT2D eigenvalue weighted by molar-refractivity contribution is 5.71. The Morgan fingerprint density at radius 3 is 1.13 bits per heavy atom. The van der Waals surface area contributed by atoms with Crippen molar-refractivity contribution in [3.8, 4) is 0 Å². The number of esters is 3. The molecular formula is C55H92O6. The number of carbonyl (C=O) groups excluding carboxylic acids is 3. The first-order valence-corrected chi connectivity index (χ1v) is 25.1. The van der Waals surface area contributed by atoms with E-state index in [1.54, 1.807) is 0 Å². The van der Waals surface area contributed by atoms with Gasteiger partial charge in [0.15, 0.2) is 6.10 Å². The summed E-state index contributed by atoms with van der Waals surface area (Å²) in [6.45, 7) is 6.33. The zero-order valence-corrected chi connectivity index (χ0v) is 39.7. The molecule has 0 N–H and O–H groups in total. The Hall–Kier alpha value is -3.41. The third-order valence-electron chi connectivity index (χ3n) is 10.4. The molecule has 0 aliphatic rings. The van der Waals surface area contributed by atoms with Crippen LogP contribution in [0.4, 0.5) is 0 Å². The van der Waals surface area contributed by atoms with Crippen molar-refractivity contribution in [2.75, 3.05) is 13.2 Å². The maximum atomic E-state index is 12.8. The summed E-state index contributed by atoms with van der Waals surface area (Å²) >= 11 is 0. The monoisotopic (exact) mass is 849 g/mol. The Morgan fingerprint density at radius 1 is 0.361 bits per heavy atom. The summed E-state index contributed by atoms with van der Waals surface area (Å²) < 4.78 is 16.7. The number of rotatable bonds is 44. The third-order valence-corrected chi connectivity index (χ3v) is 10.4. The number of unbranched alkanes of at least 4 members (excludes halogenated alkanes) is 20. The van der Waals surface area contributed by atoms with E-state index in [1.807, 2.05) is 0 Å². The van der Waals surface area contributed by atoms with Crippen LogP contribution < -0.4 is 0 Å². The van der Waals surface area contributed by atoms with Gasteiger partial charge in [-0.1, -0.05) is 189 Å². The smallest absolute Gasteiger partial charge is 0.306 e. The molecule has 0 aliphatic heterocycles. The average molecular weight is 849 g/mol. The highest BCUT2D eigenvalue weighted by Crippen LogP contribution is 2.13. The molecule has 1 atom stereocenters. The molecule has 0 aromatic rings. The average Bonchev–Trinajstić information content (AvgIpc) is 3.26. The second-order valence-corrected chi connectivity index (χ2v) is 16.3.